The molecule has 1 unspecified atom stereocenters. The van der Waals surface area contributed by atoms with Gasteiger partial charge in [-0.15, -0.1) is 0 Å². The molecule has 1 N–H and O–H groups in total. The fourth-order valence-electron chi connectivity index (χ4n) is 4.67. The Morgan fingerprint density at radius 1 is 0.829 bits per heavy atom. The summed E-state index contributed by atoms with van der Waals surface area (Å²) in [6.45, 7) is 7.56. The summed E-state index contributed by atoms with van der Waals surface area (Å²) in [5, 5.41) is 11.6. The standard InChI is InChI=1S/C29H29NO5/c1-16-10-9-12-22(19(16)4)30-26(20-11-7-8-13-23(20)34-5)25(28(32)29(30)33)27(31)21-14-18(3)24(35-6)15-17(21)2/h7-15,26,31H,1-6H3/b27-25+. The molecule has 3 aromatic rings. The van der Waals surface area contributed by atoms with Crippen molar-refractivity contribution in [2.45, 2.75) is 33.7 Å². The van der Waals surface area contributed by atoms with Crippen LogP contribution in [0, 0.1) is 27.7 Å². The van der Waals surface area contributed by atoms with Gasteiger partial charge in [0.2, 0.25) is 0 Å². The number of Topliss-reactive ketones (excluding diaryl/α,β-unsaturated/α-hetero) is 1. The largest absolute Gasteiger partial charge is 0.507 e. The summed E-state index contributed by atoms with van der Waals surface area (Å²) in [6.07, 6.45) is 0. The van der Waals surface area contributed by atoms with E-state index in [0.717, 1.165) is 22.3 Å². The van der Waals surface area contributed by atoms with Gasteiger partial charge in [0.05, 0.1) is 25.8 Å². The summed E-state index contributed by atoms with van der Waals surface area (Å²) >= 11 is 0. The topological polar surface area (TPSA) is 76.1 Å². The van der Waals surface area contributed by atoms with E-state index in [9.17, 15) is 14.7 Å². The lowest BCUT2D eigenvalue weighted by Crippen LogP contribution is -2.30. The number of rotatable bonds is 5. The Balaban J connectivity index is 2.04. The molecule has 0 aliphatic carbocycles. The molecule has 6 nitrogen and oxygen atoms in total. The van der Waals surface area contributed by atoms with Crippen LogP contribution in [0.3, 0.4) is 0 Å². The number of hydrogen-bond acceptors (Lipinski definition) is 5. The Kier molecular flexibility index (Phi) is 6.39. The van der Waals surface area contributed by atoms with Gasteiger partial charge in [-0.25, -0.2) is 0 Å². The lowest BCUT2D eigenvalue weighted by molar-refractivity contribution is -0.132. The highest BCUT2D eigenvalue weighted by molar-refractivity contribution is 6.51. The molecule has 180 valence electrons. The molecule has 6 heteroatoms. The first-order valence-electron chi connectivity index (χ1n) is 11.4. The van der Waals surface area contributed by atoms with E-state index >= 15 is 0 Å². The van der Waals surface area contributed by atoms with E-state index in [1.807, 2.05) is 70.2 Å². The summed E-state index contributed by atoms with van der Waals surface area (Å²) in [6, 6.07) is 15.6. The Hall–Kier alpha value is -4.06. The monoisotopic (exact) mass is 471 g/mol. The van der Waals surface area contributed by atoms with Crippen LogP contribution in [0.1, 0.15) is 39.4 Å². The van der Waals surface area contributed by atoms with Crippen molar-refractivity contribution in [3.8, 4) is 11.5 Å². The van der Waals surface area contributed by atoms with Crippen molar-refractivity contribution in [3.63, 3.8) is 0 Å². The maximum absolute atomic E-state index is 13.5. The summed E-state index contributed by atoms with van der Waals surface area (Å²) in [5.41, 5.74) is 5.12. The maximum atomic E-state index is 13.5. The third kappa shape index (κ3) is 3.95. The number of methoxy groups -OCH3 is 2. The molecule has 1 heterocycles. The fraction of sp³-hybridized carbons (Fsp3) is 0.241. The number of aliphatic hydroxyl groups is 1. The number of aryl methyl sites for hydroxylation is 3. The third-order valence-electron chi connectivity index (χ3n) is 6.71. The first-order valence-corrected chi connectivity index (χ1v) is 11.4. The van der Waals surface area contributed by atoms with Crippen molar-refractivity contribution in [1.82, 2.24) is 0 Å². The lowest BCUT2D eigenvalue weighted by Gasteiger charge is -2.28. The van der Waals surface area contributed by atoms with E-state index in [-0.39, 0.29) is 11.3 Å². The van der Waals surface area contributed by atoms with Gasteiger partial charge in [0.15, 0.2) is 0 Å². The number of anilines is 1. The number of ketones is 1. The first-order chi connectivity index (χ1) is 16.7. The molecule has 1 aliphatic heterocycles. The first kappa shape index (κ1) is 24.1. The van der Waals surface area contributed by atoms with Crippen molar-refractivity contribution in [2.24, 2.45) is 0 Å². The molecule has 0 spiro atoms. The number of hydrogen-bond donors (Lipinski definition) is 1. The van der Waals surface area contributed by atoms with Gasteiger partial charge < -0.3 is 14.6 Å². The molecule has 1 aliphatic rings. The van der Waals surface area contributed by atoms with Crippen molar-refractivity contribution in [3.05, 3.63) is 93.6 Å². The Labute approximate surface area is 205 Å². The van der Waals surface area contributed by atoms with Crippen LogP contribution in [-0.2, 0) is 9.59 Å². The molecular formula is C29H29NO5. The second kappa shape index (κ2) is 9.29. The lowest BCUT2D eigenvalue weighted by atomic mass is 9.92. The number of carbonyl (C=O) groups excluding carboxylic acids is 2. The minimum absolute atomic E-state index is 0.0214. The number of aliphatic hydroxyl groups excluding tert-OH is 1. The summed E-state index contributed by atoms with van der Waals surface area (Å²) in [5.74, 6) is -0.471. The van der Waals surface area contributed by atoms with E-state index in [2.05, 4.69) is 0 Å². The predicted molar refractivity (Wildman–Crippen MR) is 136 cm³/mol. The smallest absolute Gasteiger partial charge is 0.300 e. The van der Waals surface area contributed by atoms with Crippen molar-refractivity contribution in [2.75, 3.05) is 19.1 Å². The van der Waals surface area contributed by atoms with E-state index < -0.39 is 17.7 Å². The van der Waals surface area contributed by atoms with Crippen molar-refractivity contribution in [1.29, 1.82) is 0 Å². The van der Waals surface area contributed by atoms with Gasteiger partial charge in [-0.05, 0) is 74.2 Å². The van der Waals surface area contributed by atoms with E-state index in [4.69, 9.17) is 9.47 Å². The molecule has 4 rings (SSSR count). The summed E-state index contributed by atoms with van der Waals surface area (Å²) in [4.78, 5) is 28.5. The molecule has 3 aromatic carbocycles. The van der Waals surface area contributed by atoms with Gasteiger partial charge in [-0.2, -0.15) is 0 Å². The highest BCUT2D eigenvalue weighted by atomic mass is 16.5. The SMILES string of the molecule is COc1cc(C)c(/C(O)=C2\C(=O)C(=O)N(c3cccc(C)c3C)C2c2ccccc2OC)cc1C. The molecule has 35 heavy (non-hydrogen) atoms. The van der Waals surface area contributed by atoms with Gasteiger partial charge in [0.25, 0.3) is 11.7 Å². The Morgan fingerprint density at radius 2 is 1.51 bits per heavy atom. The molecule has 0 aromatic heterocycles. The maximum Gasteiger partial charge on any atom is 0.300 e. The molecular weight excluding hydrogens is 442 g/mol. The van der Waals surface area contributed by atoms with Crippen molar-refractivity contribution < 1.29 is 24.2 Å². The zero-order valence-electron chi connectivity index (χ0n) is 20.8. The average molecular weight is 472 g/mol. The van der Waals surface area contributed by atoms with Gasteiger partial charge in [0.1, 0.15) is 17.3 Å². The highest BCUT2D eigenvalue weighted by Gasteiger charge is 2.48. The van der Waals surface area contributed by atoms with Gasteiger partial charge in [0, 0.05) is 16.8 Å². The second-order valence-corrected chi connectivity index (χ2v) is 8.77. The number of carbonyl (C=O) groups is 2. The van der Waals surface area contributed by atoms with Crippen LogP contribution < -0.4 is 14.4 Å². The van der Waals surface area contributed by atoms with Crippen LogP contribution in [0.4, 0.5) is 5.69 Å². The highest BCUT2D eigenvalue weighted by Crippen LogP contribution is 2.46. The summed E-state index contributed by atoms with van der Waals surface area (Å²) in [7, 11) is 3.12. The predicted octanol–water partition coefficient (Wildman–Crippen LogP) is 5.56. The number of ether oxygens (including phenoxy) is 2. The Bertz CT molecular complexity index is 1370. The quantitative estimate of drug-likeness (QED) is 0.299. The molecule has 1 fully saturated rings. The number of amides is 1. The summed E-state index contributed by atoms with van der Waals surface area (Å²) < 4.78 is 11.0. The van der Waals surface area contributed by atoms with E-state index in [1.54, 1.807) is 26.4 Å². The van der Waals surface area contributed by atoms with Crippen LogP contribution in [0.15, 0.2) is 60.2 Å². The minimum atomic E-state index is -0.867. The van der Waals surface area contributed by atoms with Crippen LogP contribution in [-0.4, -0.2) is 31.0 Å². The number of benzene rings is 3. The molecule has 0 radical (unpaired) electrons. The van der Waals surface area contributed by atoms with Gasteiger partial charge in [-0.3, -0.25) is 14.5 Å². The van der Waals surface area contributed by atoms with Gasteiger partial charge in [-0.1, -0.05) is 30.3 Å². The van der Waals surface area contributed by atoms with Crippen LogP contribution in [0.5, 0.6) is 11.5 Å². The number of para-hydroxylation sites is 1. The normalized spacial score (nSPS) is 17.1. The third-order valence-corrected chi connectivity index (χ3v) is 6.71. The second-order valence-electron chi connectivity index (χ2n) is 8.77. The molecule has 1 amide bonds. The van der Waals surface area contributed by atoms with E-state index in [1.165, 1.54) is 4.90 Å². The van der Waals surface area contributed by atoms with Crippen LogP contribution >= 0.6 is 0 Å². The molecule has 0 saturated carbocycles. The minimum Gasteiger partial charge on any atom is -0.507 e. The van der Waals surface area contributed by atoms with E-state index in [0.29, 0.717) is 28.3 Å². The molecule has 1 saturated heterocycles. The van der Waals surface area contributed by atoms with Crippen LogP contribution in [0.2, 0.25) is 0 Å². The Morgan fingerprint density at radius 3 is 2.20 bits per heavy atom. The molecule has 0 bridgehead atoms. The van der Waals surface area contributed by atoms with Crippen molar-refractivity contribution >= 4 is 23.1 Å². The number of nitrogens with zero attached hydrogens (tertiary/aromatic N) is 1. The van der Waals surface area contributed by atoms with Crippen LogP contribution in [0.25, 0.3) is 5.76 Å². The zero-order valence-corrected chi connectivity index (χ0v) is 20.8. The average Bonchev–Trinajstić information content (AvgIpc) is 3.11. The van der Waals surface area contributed by atoms with Gasteiger partial charge >= 0.3 is 0 Å². The molecule has 1 atom stereocenters. The fourth-order valence-corrected chi connectivity index (χ4v) is 4.67. The zero-order chi connectivity index (χ0) is 25.4.